The molecule has 1 aromatic heterocycles. The highest BCUT2D eigenvalue weighted by atomic mass is 16.2. The minimum Gasteiger partial charge on any atom is -0.347 e. The van der Waals surface area contributed by atoms with E-state index in [4.69, 9.17) is 0 Å². The quantitative estimate of drug-likeness (QED) is 0.907. The van der Waals surface area contributed by atoms with E-state index in [1.54, 1.807) is 15.5 Å². The Hall–Kier alpha value is -2.76. The van der Waals surface area contributed by atoms with Crippen LogP contribution in [0.25, 0.3) is 0 Å². The van der Waals surface area contributed by atoms with E-state index >= 15 is 0 Å². The second-order valence-corrected chi connectivity index (χ2v) is 5.67. The Morgan fingerprint density at radius 3 is 2.57 bits per heavy atom. The number of aryl methyl sites for hydroxylation is 1. The average molecular weight is 312 g/mol. The van der Waals surface area contributed by atoms with E-state index in [-0.39, 0.29) is 18.0 Å². The van der Waals surface area contributed by atoms with Crippen molar-refractivity contribution in [3.05, 3.63) is 53.9 Å². The predicted octanol–water partition coefficient (Wildman–Crippen LogP) is 2.05. The zero-order valence-corrected chi connectivity index (χ0v) is 13.2. The van der Waals surface area contributed by atoms with Crippen molar-refractivity contribution in [2.45, 2.75) is 13.0 Å². The lowest BCUT2D eigenvalue weighted by Crippen LogP contribution is -2.29. The van der Waals surface area contributed by atoms with Crippen LogP contribution >= 0.6 is 0 Å². The van der Waals surface area contributed by atoms with Crippen LogP contribution < -0.4 is 15.5 Å². The number of benzene rings is 1. The Labute approximate surface area is 135 Å². The first-order valence-corrected chi connectivity index (χ1v) is 7.64. The number of hydrogen-bond acceptors (Lipinski definition) is 2. The molecule has 0 radical (unpaired) electrons. The molecule has 3 amide bonds. The van der Waals surface area contributed by atoms with Crippen LogP contribution in [0.4, 0.5) is 10.5 Å². The summed E-state index contributed by atoms with van der Waals surface area (Å²) in [5.74, 6) is -0.104. The number of hydrogen-bond donors (Lipinski definition) is 2. The molecule has 2 aromatic rings. The Bertz CT molecular complexity index is 720. The van der Waals surface area contributed by atoms with Gasteiger partial charge in [-0.2, -0.15) is 0 Å². The number of anilines is 1. The third kappa shape index (κ3) is 3.06. The van der Waals surface area contributed by atoms with Gasteiger partial charge in [0.2, 0.25) is 0 Å². The molecule has 23 heavy (non-hydrogen) atoms. The van der Waals surface area contributed by atoms with Gasteiger partial charge in [-0.15, -0.1) is 0 Å². The highest BCUT2D eigenvalue weighted by Gasteiger charge is 2.21. The molecule has 0 spiro atoms. The van der Waals surface area contributed by atoms with E-state index in [0.717, 1.165) is 11.3 Å². The van der Waals surface area contributed by atoms with Crippen LogP contribution in [-0.2, 0) is 7.05 Å². The van der Waals surface area contributed by atoms with Crippen LogP contribution in [0.1, 0.15) is 29.0 Å². The number of amides is 3. The molecule has 2 heterocycles. The summed E-state index contributed by atoms with van der Waals surface area (Å²) >= 11 is 0. The fourth-order valence-corrected chi connectivity index (χ4v) is 2.71. The first kappa shape index (κ1) is 15.1. The Morgan fingerprint density at radius 2 is 2.00 bits per heavy atom. The standard InChI is InChI=1S/C17H20N4O2/c1-12(19-16(22)15-4-3-10-20(15)2)13-5-7-14(8-6-13)21-11-9-18-17(21)23/h3-8,10,12H,9,11H2,1-2H3,(H,18,23)(H,19,22). The second kappa shape index (κ2) is 6.16. The van der Waals surface area contributed by atoms with Crippen molar-refractivity contribution in [2.75, 3.05) is 18.0 Å². The number of nitrogens with zero attached hydrogens (tertiary/aromatic N) is 2. The SMILES string of the molecule is CC(NC(=O)c1cccn1C)c1ccc(N2CCNC2=O)cc1. The molecule has 120 valence electrons. The lowest BCUT2D eigenvalue weighted by Gasteiger charge is -2.18. The van der Waals surface area contributed by atoms with Gasteiger partial charge in [-0.1, -0.05) is 12.1 Å². The van der Waals surface area contributed by atoms with E-state index in [9.17, 15) is 9.59 Å². The maximum absolute atomic E-state index is 12.2. The molecule has 1 atom stereocenters. The third-order valence-electron chi connectivity index (χ3n) is 4.09. The maximum Gasteiger partial charge on any atom is 0.321 e. The Morgan fingerprint density at radius 1 is 1.26 bits per heavy atom. The van der Waals surface area contributed by atoms with Crippen molar-refractivity contribution in [3.8, 4) is 0 Å². The monoisotopic (exact) mass is 312 g/mol. The van der Waals surface area contributed by atoms with Gasteiger partial charge in [-0.3, -0.25) is 9.69 Å². The van der Waals surface area contributed by atoms with E-state index in [0.29, 0.717) is 18.8 Å². The van der Waals surface area contributed by atoms with Gasteiger partial charge in [-0.05, 0) is 36.8 Å². The summed E-state index contributed by atoms with van der Waals surface area (Å²) in [7, 11) is 1.84. The first-order valence-electron chi connectivity index (χ1n) is 7.64. The van der Waals surface area contributed by atoms with Crippen molar-refractivity contribution in [1.82, 2.24) is 15.2 Å². The number of nitrogens with one attached hydrogen (secondary N) is 2. The average Bonchev–Trinajstić information content (AvgIpc) is 3.15. The molecule has 0 bridgehead atoms. The molecule has 6 heteroatoms. The van der Waals surface area contributed by atoms with Crippen LogP contribution in [-0.4, -0.2) is 29.6 Å². The van der Waals surface area contributed by atoms with E-state index < -0.39 is 0 Å². The molecule has 1 aliphatic rings. The summed E-state index contributed by atoms with van der Waals surface area (Å²) < 4.78 is 1.79. The highest BCUT2D eigenvalue weighted by Crippen LogP contribution is 2.20. The number of aromatic nitrogens is 1. The lowest BCUT2D eigenvalue weighted by atomic mass is 10.1. The fraction of sp³-hybridized carbons (Fsp3) is 0.294. The normalized spacial score (nSPS) is 15.4. The number of rotatable bonds is 4. The summed E-state index contributed by atoms with van der Waals surface area (Å²) in [6.45, 7) is 3.29. The molecule has 1 saturated heterocycles. The van der Waals surface area contributed by atoms with Crippen molar-refractivity contribution in [2.24, 2.45) is 7.05 Å². The number of carbonyl (C=O) groups excluding carboxylic acids is 2. The molecule has 6 nitrogen and oxygen atoms in total. The first-order chi connectivity index (χ1) is 11.1. The van der Waals surface area contributed by atoms with Crippen LogP contribution in [0, 0.1) is 0 Å². The summed E-state index contributed by atoms with van der Waals surface area (Å²) in [5, 5.41) is 5.76. The van der Waals surface area contributed by atoms with Gasteiger partial charge in [0.1, 0.15) is 5.69 Å². The zero-order chi connectivity index (χ0) is 16.4. The van der Waals surface area contributed by atoms with Gasteiger partial charge in [0.15, 0.2) is 0 Å². The molecular weight excluding hydrogens is 292 g/mol. The van der Waals surface area contributed by atoms with Gasteiger partial charge in [0, 0.05) is 32.0 Å². The zero-order valence-electron chi connectivity index (χ0n) is 13.2. The predicted molar refractivity (Wildman–Crippen MR) is 88.5 cm³/mol. The van der Waals surface area contributed by atoms with Gasteiger partial charge in [0.25, 0.3) is 5.91 Å². The Kier molecular flexibility index (Phi) is 4.06. The van der Waals surface area contributed by atoms with Gasteiger partial charge >= 0.3 is 6.03 Å². The number of carbonyl (C=O) groups is 2. The van der Waals surface area contributed by atoms with Crippen molar-refractivity contribution in [1.29, 1.82) is 0 Å². The third-order valence-corrected chi connectivity index (χ3v) is 4.09. The van der Waals surface area contributed by atoms with Gasteiger partial charge in [-0.25, -0.2) is 4.79 Å². The molecular formula is C17H20N4O2. The molecule has 1 aliphatic heterocycles. The van der Waals surface area contributed by atoms with Crippen LogP contribution in [0.15, 0.2) is 42.6 Å². The van der Waals surface area contributed by atoms with Crippen LogP contribution in [0.3, 0.4) is 0 Å². The van der Waals surface area contributed by atoms with Gasteiger partial charge < -0.3 is 15.2 Å². The smallest absolute Gasteiger partial charge is 0.321 e. The molecule has 1 unspecified atom stereocenters. The molecule has 0 saturated carbocycles. The van der Waals surface area contributed by atoms with E-state index in [2.05, 4.69) is 10.6 Å². The highest BCUT2D eigenvalue weighted by molar-refractivity contribution is 5.94. The van der Waals surface area contributed by atoms with E-state index in [1.807, 2.05) is 50.5 Å². The van der Waals surface area contributed by atoms with Crippen LogP contribution in [0.2, 0.25) is 0 Å². The molecule has 1 aromatic carbocycles. The minimum atomic E-state index is -0.112. The molecule has 3 rings (SSSR count). The maximum atomic E-state index is 12.2. The lowest BCUT2D eigenvalue weighted by molar-refractivity contribution is 0.0931. The molecule has 1 fully saturated rings. The topological polar surface area (TPSA) is 66.4 Å². The summed E-state index contributed by atoms with van der Waals surface area (Å²) in [6.07, 6.45) is 1.84. The van der Waals surface area contributed by atoms with Crippen molar-refractivity contribution < 1.29 is 9.59 Å². The number of urea groups is 1. The fourth-order valence-electron chi connectivity index (χ4n) is 2.71. The molecule has 2 N–H and O–H groups in total. The van der Waals surface area contributed by atoms with Gasteiger partial charge in [0.05, 0.1) is 6.04 Å². The summed E-state index contributed by atoms with van der Waals surface area (Å²) in [5.41, 5.74) is 2.49. The Balaban J connectivity index is 1.68. The second-order valence-electron chi connectivity index (χ2n) is 5.67. The molecule has 0 aliphatic carbocycles. The van der Waals surface area contributed by atoms with Crippen molar-refractivity contribution in [3.63, 3.8) is 0 Å². The largest absolute Gasteiger partial charge is 0.347 e. The van der Waals surface area contributed by atoms with E-state index in [1.165, 1.54) is 0 Å². The van der Waals surface area contributed by atoms with Crippen LogP contribution in [0.5, 0.6) is 0 Å². The summed E-state index contributed by atoms with van der Waals surface area (Å²) in [6, 6.07) is 11.2. The summed E-state index contributed by atoms with van der Waals surface area (Å²) in [4.78, 5) is 25.6. The minimum absolute atomic E-state index is 0.0668. The van der Waals surface area contributed by atoms with Crippen molar-refractivity contribution >= 4 is 17.6 Å².